The van der Waals surface area contributed by atoms with E-state index in [-0.39, 0.29) is 17.4 Å². The second-order valence-corrected chi connectivity index (χ2v) is 8.00. The molecule has 0 unspecified atom stereocenters. The van der Waals surface area contributed by atoms with E-state index < -0.39 is 0 Å². The smallest absolute Gasteiger partial charge is 0.234 e. The average Bonchev–Trinajstić information content (AvgIpc) is 3.14. The Kier molecular flexibility index (Phi) is 7.46. The van der Waals surface area contributed by atoms with Crippen LogP contribution >= 0.6 is 11.8 Å². The molecule has 7 nitrogen and oxygen atoms in total. The van der Waals surface area contributed by atoms with Crippen molar-refractivity contribution in [3.8, 4) is 11.4 Å². The Hall–Kier alpha value is -3.13. The first-order valence-corrected chi connectivity index (χ1v) is 11.2. The summed E-state index contributed by atoms with van der Waals surface area (Å²) in [6.07, 6.45) is 0. The Balaban J connectivity index is 1.61. The van der Waals surface area contributed by atoms with Crippen LogP contribution in [0.25, 0.3) is 11.4 Å². The van der Waals surface area contributed by atoms with Gasteiger partial charge in [0.25, 0.3) is 0 Å². The summed E-state index contributed by atoms with van der Waals surface area (Å²) >= 11 is 1.33. The van der Waals surface area contributed by atoms with Crippen LogP contribution in [0.2, 0.25) is 0 Å². The third-order valence-corrected chi connectivity index (χ3v) is 6.02. The molecule has 3 rings (SSSR count). The van der Waals surface area contributed by atoms with Gasteiger partial charge in [0, 0.05) is 42.6 Å². The summed E-state index contributed by atoms with van der Waals surface area (Å²) in [7, 11) is 1.90. The molecule has 1 N–H and O–H groups in total. The van der Waals surface area contributed by atoms with E-state index in [1.165, 1.54) is 24.4 Å². The highest BCUT2D eigenvalue weighted by molar-refractivity contribution is 7.99. The van der Waals surface area contributed by atoms with Gasteiger partial charge >= 0.3 is 0 Å². The van der Waals surface area contributed by atoms with E-state index in [1.54, 1.807) is 24.3 Å². The molecule has 0 fully saturated rings. The number of carbonyl (C=O) groups is 2. The van der Waals surface area contributed by atoms with Crippen molar-refractivity contribution in [1.29, 1.82) is 0 Å². The molecule has 3 aromatic rings. The number of ketones is 1. The molecule has 8 heteroatoms. The highest BCUT2D eigenvalue weighted by Crippen LogP contribution is 2.25. The molecule has 162 valence electrons. The SMILES string of the molecule is CCN(CC)c1ccc(-c2nnc(SCC(=O)Nc3ccc(C(C)=O)cc3)n2C)cc1. The highest BCUT2D eigenvalue weighted by Gasteiger charge is 2.14. The summed E-state index contributed by atoms with van der Waals surface area (Å²) in [5.41, 5.74) is 3.43. The number of hydrogen-bond acceptors (Lipinski definition) is 6. The van der Waals surface area contributed by atoms with Gasteiger partial charge in [-0.1, -0.05) is 11.8 Å². The summed E-state index contributed by atoms with van der Waals surface area (Å²) in [6, 6.07) is 15.1. The Morgan fingerprint density at radius 3 is 2.23 bits per heavy atom. The Labute approximate surface area is 186 Å². The van der Waals surface area contributed by atoms with E-state index in [2.05, 4.69) is 46.4 Å². The number of rotatable bonds is 9. The highest BCUT2D eigenvalue weighted by atomic mass is 32.2. The van der Waals surface area contributed by atoms with Gasteiger partial charge in [0.15, 0.2) is 16.8 Å². The number of nitrogens with one attached hydrogen (secondary N) is 1. The van der Waals surface area contributed by atoms with E-state index in [1.807, 2.05) is 23.7 Å². The molecule has 2 aromatic carbocycles. The molecule has 0 bridgehead atoms. The van der Waals surface area contributed by atoms with Gasteiger partial charge in [-0.3, -0.25) is 9.59 Å². The maximum absolute atomic E-state index is 12.3. The molecule has 1 heterocycles. The quantitative estimate of drug-likeness (QED) is 0.398. The number of benzene rings is 2. The summed E-state index contributed by atoms with van der Waals surface area (Å²) in [5, 5.41) is 12.0. The number of Topliss-reactive ketones (excluding diaryl/α,β-unsaturated/α-hetero) is 1. The lowest BCUT2D eigenvalue weighted by atomic mass is 10.1. The first-order valence-electron chi connectivity index (χ1n) is 10.2. The van der Waals surface area contributed by atoms with E-state index in [4.69, 9.17) is 0 Å². The number of nitrogens with zero attached hydrogens (tertiary/aromatic N) is 4. The van der Waals surface area contributed by atoms with Crippen molar-refractivity contribution < 1.29 is 9.59 Å². The molecule has 0 aliphatic heterocycles. The summed E-state index contributed by atoms with van der Waals surface area (Å²) in [4.78, 5) is 25.9. The molecular formula is C23H27N5O2S. The number of hydrogen-bond donors (Lipinski definition) is 1. The van der Waals surface area contributed by atoms with Gasteiger partial charge in [0.2, 0.25) is 5.91 Å². The monoisotopic (exact) mass is 437 g/mol. The standard InChI is InChI=1S/C23H27N5O2S/c1-5-28(6-2)20-13-9-18(10-14-20)22-25-26-23(27(22)4)31-15-21(30)24-19-11-7-17(8-12-19)16(3)29/h7-14H,5-6,15H2,1-4H3,(H,24,30). The van der Waals surface area contributed by atoms with Crippen LogP contribution in [0.1, 0.15) is 31.1 Å². The van der Waals surface area contributed by atoms with Crippen molar-refractivity contribution in [1.82, 2.24) is 14.8 Å². The summed E-state index contributed by atoms with van der Waals surface area (Å²) in [6.45, 7) is 7.72. The topological polar surface area (TPSA) is 80.1 Å². The van der Waals surface area contributed by atoms with Gasteiger partial charge in [-0.2, -0.15) is 0 Å². The second-order valence-electron chi connectivity index (χ2n) is 7.05. The fraction of sp³-hybridized carbons (Fsp3) is 0.304. The largest absolute Gasteiger partial charge is 0.372 e. The maximum Gasteiger partial charge on any atom is 0.234 e. The van der Waals surface area contributed by atoms with E-state index in [0.717, 1.165) is 24.5 Å². The minimum atomic E-state index is -0.145. The van der Waals surface area contributed by atoms with E-state index in [9.17, 15) is 9.59 Å². The van der Waals surface area contributed by atoms with Gasteiger partial charge in [-0.05, 0) is 69.3 Å². The fourth-order valence-corrected chi connectivity index (χ4v) is 3.93. The van der Waals surface area contributed by atoms with Gasteiger partial charge in [0.05, 0.1) is 5.75 Å². The zero-order chi connectivity index (χ0) is 22.4. The first-order chi connectivity index (χ1) is 14.9. The molecule has 0 atom stereocenters. The second kappa shape index (κ2) is 10.3. The lowest BCUT2D eigenvalue weighted by Crippen LogP contribution is -2.21. The van der Waals surface area contributed by atoms with Crippen LogP contribution in [0.5, 0.6) is 0 Å². The fourth-order valence-electron chi connectivity index (χ4n) is 3.22. The Bertz CT molecular complexity index is 1040. The van der Waals surface area contributed by atoms with Crippen LogP contribution < -0.4 is 10.2 Å². The lowest BCUT2D eigenvalue weighted by Gasteiger charge is -2.21. The number of aromatic nitrogens is 3. The summed E-state index contributed by atoms with van der Waals surface area (Å²) < 4.78 is 1.89. The molecule has 0 spiro atoms. The predicted molar refractivity (Wildman–Crippen MR) is 126 cm³/mol. The van der Waals surface area contributed by atoms with Crippen molar-refractivity contribution in [3.05, 3.63) is 54.1 Å². The van der Waals surface area contributed by atoms with E-state index >= 15 is 0 Å². The lowest BCUT2D eigenvalue weighted by molar-refractivity contribution is -0.113. The Morgan fingerprint density at radius 2 is 1.65 bits per heavy atom. The van der Waals surface area contributed by atoms with Crippen LogP contribution in [0, 0.1) is 0 Å². The van der Waals surface area contributed by atoms with Crippen LogP contribution in [0.4, 0.5) is 11.4 Å². The van der Waals surface area contributed by atoms with Crippen molar-refractivity contribution in [2.24, 2.45) is 7.05 Å². The van der Waals surface area contributed by atoms with Gasteiger partial charge in [-0.15, -0.1) is 10.2 Å². The third kappa shape index (κ3) is 5.52. The van der Waals surface area contributed by atoms with Crippen molar-refractivity contribution in [2.45, 2.75) is 25.9 Å². The summed E-state index contributed by atoms with van der Waals surface area (Å²) in [5.74, 6) is 0.818. The zero-order valence-electron chi connectivity index (χ0n) is 18.3. The first kappa shape index (κ1) is 22.6. The third-order valence-electron chi connectivity index (χ3n) is 5.00. The molecule has 1 amide bonds. The van der Waals surface area contributed by atoms with Gasteiger partial charge in [0.1, 0.15) is 0 Å². The maximum atomic E-state index is 12.3. The minimum absolute atomic E-state index is 0.00536. The van der Waals surface area contributed by atoms with Gasteiger partial charge in [-0.25, -0.2) is 0 Å². The molecule has 0 saturated heterocycles. The number of carbonyl (C=O) groups excluding carboxylic acids is 2. The molecular weight excluding hydrogens is 410 g/mol. The number of anilines is 2. The minimum Gasteiger partial charge on any atom is -0.372 e. The number of amides is 1. The van der Waals surface area contributed by atoms with Gasteiger partial charge < -0.3 is 14.8 Å². The molecule has 31 heavy (non-hydrogen) atoms. The van der Waals surface area contributed by atoms with Crippen LogP contribution in [0.15, 0.2) is 53.7 Å². The molecule has 0 aliphatic rings. The zero-order valence-corrected chi connectivity index (χ0v) is 19.1. The predicted octanol–water partition coefficient (Wildman–Crippen LogP) is 4.26. The number of thioether (sulfide) groups is 1. The molecule has 1 aromatic heterocycles. The molecule has 0 radical (unpaired) electrons. The van der Waals surface area contributed by atoms with Crippen molar-refractivity contribution in [3.63, 3.8) is 0 Å². The average molecular weight is 438 g/mol. The van der Waals surface area contributed by atoms with Crippen LogP contribution in [-0.4, -0.2) is 45.3 Å². The molecule has 0 saturated carbocycles. The van der Waals surface area contributed by atoms with Crippen molar-refractivity contribution >= 4 is 34.8 Å². The normalized spacial score (nSPS) is 10.7. The van der Waals surface area contributed by atoms with Crippen LogP contribution in [-0.2, 0) is 11.8 Å². The van der Waals surface area contributed by atoms with Crippen molar-refractivity contribution in [2.75, 3.05) is 29.1 Å². The van der Waals surface area contributed by atoms with Crippen LogP contribution in [0.3, 0.4) is 0 Å². The van der Waals surface area contributed by atoms with E-state index in [0.29, 0.717) is 16.4 Å². The molecule has 0 aliphatic carbocycles. The Morgan fingerprint density at radius 1 is 1.00 bits per heavy atom.